The highest BCUT2D eigenvalue weighted by molar-refractivity contribution is 5.78. The largest absolute Gasteiger partial charge is 0.296 e. The van der Waals surface area contributed by atoms with Crippen molar-refractivity contribution < 1.29 is 4.39 Å². The van der Waals surface area contributed by atoms with Crippen LogP contribution in [0.15, 0.2) is 42.5 Å². The van der Waals surface area contributed by atoms with E-state index in [-0.39, 0.29) is 5.82 Å². The molecule has 0 bridgehead atoms. The van der Waals surface area contributed by atoms with Crippen molar-refractivity contribution in [1.29, 1.82) is 0 Å². The van der Waals surface area contributed by atoms with Crippen molar-refractivity contribution in [2.24, 2.45) is 0 Å². The van der Waals surface area contributed by atoms with Gasteiger partial charge in [0, 0.05) is 18.2 Å². The Kier molecular flexibility index (Phi) is 3.50. The number of rotatable bonds is 4. The van der Waals surface area contributed by atoms with E-state index in [4.69, 9.17) is 0 Å². The number of imidazole rings is 1. The van der Waals surface area contributed by atoms with Crippen LogP contribution >= 0.6 is 0 Å². The first-order valence-electron chi connectivity index (χ1n) is 6.93. The highest BCUT2D eigenvalue weighted by Gasteiger charge is 2.12. The molecule has 2 aromatic carbocycles. The zero-order chi connectivity index (χ0) is 13.9. The molecule has 0 aliphatic heterocycles. The van der Waals surface area contributed by atoms with Crippen LogP contribution in [0.5, 0.6) is 0 Å². The van der Waals surface area contributed by atoms with Crippen molar-refractivity contribution in [1.82, 2.24) is 9.55 Å². The van der Waals surface area contributed by atoms with E-state index in [0.717, 1.165) is 41.8 Å². The molecule has 0 saturated carbocycles. The first kappa shape index (κ1) is 12.9. The van der Waals surface area contributed by atoms with Gasteiger partial charge in [-0.2, -0.15) is 0 Å². The third-order valence-electron chi connectivity index (χ3n) is 3.39. The maximum atomic E-state index is 13.5. The van der Waals surface area contributed by atoms with Crippen LogP contribution < -0.4 is 0 Å². The van der Waals surface area contributed by atoms with Crippen LogP contribution in [-0.2, 0) is 6.42 Å². The molecule has 0 amide bonds. The minimum atomic E-state index is -0.236. The van der Waals surface area contributed by atoms with Crippen molar-refractivity contribution in [3.63, 3.8) is 0 Å². The third kappa shape index (κ3) is 2.31. The smallest absolute Gasteiger partial charge is 0.125 e. The van der Waals surface area contributed by atoms with Gasteiger partial charge in [0.2, 0.25) is 0 Å². The Hall–Kier alpha value is -2.16. The van der Waals surface area contributed by atoms with Gasteiger partial charge in [0.05, 0.1) is 11.0 Å². The fourth-order valence-corrected chi connectivity index (χ4v) is 2.41. The van der Waals surface area contributed by atoms with Crippen LogP contribution in [-0.4, -0.2) is 9.55 Å². The maximum Gasteiger partial charge on any atom is 0.125 e. The van der Waals surface area contributed by atoms with Crippen LogP contribution in [0.3, 0.4) is 0 Å². The van der Waals surface area contributed by atoms with Crippen LogP contribution in [0, 0.1) is 11.9 Å². The van der Waals surface area contributed by atoms with Crippen LogP contribution in [0.25, 0.3) is 16.7 Å². The molecule has 2 nitrogen and oxygen atoms in total. The van der Waals surface area contributed by atoms with E-state index in [1.807, 2.05) is 28.8 Å². The number of hydrogen-bond acceptors (Lipinski definition) is 1. The van der Waals surface area contributed by atoms with Gasteiger partial charge in [-0.05, 0) is 36.8 Å². The number of aryl methyl sites for hydroxylation is 1. The Morgan fingerprint density at radius 1 is 1.30 bits per heavy atom. The van der Waals surface area contributed by atoms with E-state index in [9.17, 15) is 4.39 Å². The van der Waals surface area contributed by atoms with Gasteiger partial charge in [-0.15, -0.1) is 0 Å². The molecule has 1 radical (unpaired) electrons. The van der Waals surface area contributed by atoms with Gasteiger partial charge in [-0.1, -0.05) is 25.5 Å². The van der Waals surface area contributed by atoms with Crippen LogP contribution in [0.1, 0.15) is 25.6 Å². The molecule has 0 spiro atoms. The summed E-state index contributed by atoms with van der Waals surface area (Å²) in [6, 6.07) is 15.5. The summed E-state index contributed by atoms with van der Waals surface area (Å²) in [5.41, 5.74) is 2.63. The Labute approximate surface area is 117 Å². The van der Waals surface area contributed by atoms with E-state index in [1.54, 1.807) is 12.1 Å². The summed E-state index contributed by atoms with van der Waals surface area (Å²) >= 11 is 0. The van der Waals surface area contributed by atoms with Crippen LogP contribution in [0.2, 0.25) is 0 Å². The predicted octanol–water partition coefficient (Wildman–Crippen LogP) is 4.31. The summed E-state index contributed by atoms with van der Waals surface area (Å²) in [6.07, 6.45) is 3.07. The Bertz CT molecular complexity index is 716. The summed E-state index contributed by atoms with van der Waals surface area (Å²) in [4.78, 5) is 4.65. The molecule has 3 rings (SSSR count). The lowest BCUT2D eigenvalue weighted by molar-refractivity contribution is 0.629. The summed E-state index contributed by atoms with van der Waals surface area (Å²) in [5.74, 6) is 0.743. The SMILES string of the molecule is CCCCc1nc2ccc(F)cc2n1-c1c[c]ccc1. The lowest BCUT2D eigenvalue weighted by atomic mass is 10.2. The van der Waals surface area contributed by atoms with Crippen molar-refractivity contribution >= 4 is 11.0 Å². The Balaban J connectivity index is 2.22. The number of hydrogen-bond donors (Lipinski definition) is 0. The molecule has 3 heteroatoms. The average molecular weight is 267 g/mol. The average Bonchev–Trinajstić information content (AvgIpc) is 2.83. The number of fused-ring (bicyclic) bond motifs is 1. The second kappa shape index (κ2) is 5.45. The van der Waals surface area contributed by atoms with Gasteiger partial charge < -0.3 is 0 Å². The summed E-state index contributed by atoms with van der Waals surface area (Å²) < 4.78 is 15.6. The summed E-state index contributed by atoms with van der Waals surface area (Å²) in [5, 5.41) is 0. The fraction of sp³-hybridized carbons (Fsp3) is 0.235. The molecule has 0 saturated heterocycles. The van der Waals surface area contributed by atoms with E-state index in [1.165, 1.54) is 6.07 Å². The van der Waals surface area contributed by atoms with Gasteiger partial charge in [-0.25, -0.2) is 9.37 Å². The zero-order valence-electron chi connectivity index (χ0n) is 11.4. The molecule has 0 unspecified atom stereocenters. The van der Waals surface area contributed by atoms with E-state index < -0.39 is 0 Å². The quantitative estimate of drug-likeness (QED) is 0.689. The summed E-state index contributed by atoms with van der Waals surface area (Å²) in [6.45, 7) is 2.16. The number of benzene rings is 2. The molecular weight excluding hydrogens is 251 g/mol. The first-order chi connectivity index (χ1) is 9.79. The second-order valence-corrected chi connectivity index (χ2v) is 4.86. The minimum Gasteiger partial charge on any atom is -0.296 e. The van der Waals surface area contributed by atoms with Gasteiger partial charge in [-0.3, -0.25) is 4.57 Å². The van der Waals surface area contributed by atoms with Crippen LogP contribution in [0.4, 0.5) is 4.39 Å². The fourth-order valence-electron chi connectivity index (χ4n) is 2.41. The molecule has 0 aliphatic rings. The molecule has 3 aromatic rings. The molecule has 1 heterocycles. The molecule has 1 aromatic heterocycles. The molecule has 0 fully saturated rings. The lowest BCUT2D eigenvalue weighted by Gasteiger charge is -2.08. The van der Waals surface area contributed by atoms with Gasteiger partial charge in [0.15, 0.2) is 0 Å². The van der Waals surface area contributed by atoms with Crippen molar-refractivity contribution in [2.75, 3.05) is 0 Å². The molecule has 101 valence electrons. The number of aromatic nitrogens is 2. The zero-order valence-corrected chi connectivity index (χ0v) is 11.4. The molecule has 0 atom stereocenters. The van der Waals surface area contributed by atoms with E-state index in [2.05, 4.69) is 18.0 Å². The van der Waals surface area contributed by atoms with Gasteiger partial charge in [0.1, 0.15) is 11.6 Å². The molecule has 20 heavy (non-hydrogen) atoms. The van der Waals surface area contributed by atoms with Crippen molar-refractivity contribution in [3.8, 4) is 5.69 Å². The highest BCUT2D eigenvalue weighted by atomic mass is 19.1. The molecule has 0 aliphatic carbocycles. The Morgan fingerprint density at radius 2 is 2.20 bits per heavy atom. The molecule has 0 N–H and O–H groups in total. The lowest BCUT2D eigenvalue weighted by Crippen LogP contribution is -2.01. The highest BCUT2D eigenvalue weighted by Crippen LogP contribution is 2.23. The first-order valence-corrected chi connectivity index (χ1v) is 6.93. The van der Waals surface area contributed by atoms with Crippen molar-refractivity contribution in [3.05, 3.63) is 60.2 Å². The third-order valence-corrected chi connectivity index (χ3v) is 3.39. The van der Waals surface area contributed by atoms with Crippen molar-refractivity contribution in [2.45, 2.75) is 26.2 Å². The van der Waals surface area contributed by atoms with E-state index >= 15 is 0 Å². The number of unbranched alkanes of at least 4 members (excludes halogenated alkanes) is 1. The molecular formula is C17H16FN2. The predicted molar refractivity (Wildman–Crippen MR) is 78.5 cm³/mol. The maximum absolute atomic E-state index is 13.5. The summed E-state index contributed by atoms with van der Waals surface area (Å²) in [7, 11) is 0. The number of halogens is 1. The normalized spacial score (nSPS) is 11.1. The minimum absolute atomic E-state index is 0.236. The number of nitrogens with zero attached hydrogens (tertiary/aromatic N) is 2. The Morgan fingerprint density at radius 3 is 2.95 bits per heavy atom. The topological polar surface area (TPSA) is 17.8 Å². The van der Waals surface area contributed by atoms with Gasteiger partial charge in [0.25, 0.3) is 0 Å². The van der Waals surface area contributed by atoms with E-state index in [0.29, 0.717) is 0 Å². The monoisotopic (exact) mass is 267 g/mol. The second-order valence-electron chi connectivity index (χ2n) is 4.86. The standard InChI is InChI=1S/C17H16FN2/c1-2-3-9-17-19-15-11-10-13(18)12-16(15)20(17)14-7-5-4-6-8-14/h4-5,7-8,10-12H,2-3,9H2,1H3. The van der Waals surface area contributed by atoms with Gasteiger partial charge >= 0.3 is 0 Å².